The van der Waals surface area contributed by atoms with Gasteiger partial charge in [0.05, 0.1) is 23.1 Å². The highest BCUT2D eigenvalue weighted by Gasteiger charge is 2.31. The van der Waals surface area contributed by atoms with Crippen molar-refractivity contribution in [1.29, 1.82) is 0 Å². The summed E-state index contributed by atoms with van der Waals surface area (Å²) >= 11 is 0. The van der Waals surface area contributed by atoms with Crippen LogP contribution in [0.15, 0.2) is 6.07 Å². The molecule has 2 aromatic heterocycles. The maximum absolute atomic E-state index is 12.7. The molecule has 0 unspecified atom stereocenters. The molecule has 0 saturated heterocycles. The zero-order valence-electron chi connectivity index (χ0n) is 13.8. The van der Waals surface area contributed by atoms with E-state index in [1.54, 1.807) is 24.7 Å². The molecule has 1 aliphatic carbocycles. The van der Waals surface area contributed by atoms with Crippen LogP contribution in [0, 0.1) is 6.92 Å². The molecule has 0 radical (unpaired) electrons. The number of hydrogen-bond acceptors (Lipinski definition) is 3. The molecule has 5 nitrogen and oxygen atoms in total. The van der Waals surface area contributed by atoms with Gasteiger partial charge >= 0.3 is 6.18 Å². The number of carbonyl (C=O) groups excluding carboxylic acids is 1. The minimum absolute atomic E-state index is 0.330. The SMILES string of the molecule is Cc1nn(C)c2nc(C3CC3)cc(C(=O)N(C)CCC(F)(F)F)c12. The van der Waals surface area contributed by atoms with Crippen molar-refractivity contribution < 1.29 is 18.0 Å². The van der Waals surface area contributed by atoms with Gasteiger partial charge in [0, 0.05) is 32.3 Å². The van der Waals surface area contributed by atoms with Crippen LogP contribution in [0.1, 0.15) is 46.9 Å². The van der Waals surface area contributed by atoms with Crippen molar-refractivity contribution in [2.24, 2.45) is 7.05 Å². The number of nitrogens with zero attached hydrogens (tertiary/aromatic N) is 4. The second-order valence-electron chi connectivity index (χ2n) is 6.37. The summed E-state index contributed by atoms with van der Waals surface area (Å²) in [5, 5.41) is 4.92. The highest BCUT2D eigenvalue weighted by atomic mass is 19.4. The molecule has 2 heterocycles. The molecular formula is C16H19F3N4O. The van der Waals surface area contributed by atoms with Crippen molar-refractivity contribution in [3.05, 3.63) is 23.0 Å². The number of hydrogen-bond donors (Lipinski definition) is 0. The number of halogens is 3. The minimum atomic E-state index is -4.29. The Morgan fingerprint density at radius 2 is 2.08 bits per heavy atom. The van der Waals surface area contributed by atoms with Crippen molar-refractivity contribution in [3.63, 3.8) is 0 Å². The van der Waals surface area contributed by atoms with E-state index in [-0.39, 0.29) is 6.54 Å². The van der Waals surface area contributed by atoms with Crippen LogP contribution in [-0.2, 0) is 7.05 Å². The molecule has 2 aromatic rings. The lowest BCUT2D eigenvalue weighted by atomic mass is 10.1. The molecule has 0 atom stereocenters. The van der Waals surface area contributed by atoms with Crippen LogP contribution in [0.5, 0.6) is 0 Å². The van der Waals surface area contributed by atoms with Gasteiger partial charge in [-0.25, -0.2) is 4.98 Å². The largest absolute Gasteiger partial charge is 0.390 e. The van der Waals surface area contributed by atoms with E-state index < -0.39 is 18.5 Å². The molecule has 24 heavy (non-hydrogen) atoms. The molecule has 0 aromatic carbocycles. The predicted molar refractivity (Wildman–Crippen MR) is 82.9 cm³/mol. The number of aryl methyl sites for hydroxylation is 2. The highest BCUT2D eigenvalue weighted by Crippen LogP contribution is 2.40. The zero-order chi connectivity index (χ0) is 17.6. The number of aromatic nitrogens is 3. The van der Waals surface area contributed by atoms with E-state index in [1.165, 1.54) is 7.05 Å². The Bertz CT molecular complexity index is 793. The first-order valence-corrected chi connectivity index (χ1v) is 7.84. The number of fused-ring (bicyclic) bond motifs is 1. The Balaban J connectivity index is 1.99. The van der Waals surface area contributed by atoms with E-state index in [2.05, 4.69) is 10.1 Å². The van der Waals surface area contributed by atoms with E-state index in [0.717, 1.165) is 23.4 Å². The molecule has 0 N–H and O–H groups in total. The predicted octanol–water partition coefficient (Wildman–Crippen LogP) is 3.18. The van der Waals surface area contributed by atoms with Crippen LogP contribution in [0.4, 0.5) is 13.2 Å². The third-order valence-electron chi connectivity index (χ3n) is 4.29. The Morgan fingerprint density at radius 1 is 1.42 bits per heavy atom. The van der Waals surface area contributed by atoms with Crippen LogP contribution in [0.2, 0.25) is 0 Å². The summed E-state index contributed by atoms with van der Waals surface area (Å²) in [6.45, 7) is 1.40. The minimum Gasteiger partial charge on any atom is -0.341 e. The molecule has 0 bridgehead atoms. The first-order chi connectivity index (χ1) is 11.2. The smallest absolute Gasteiger partial charge is 0.341 e. The van der Waals surface area contributed by atoms with E-state index in [1.807, 2.05) is 0 Å². The molecule has 0 aliphatic heterocycles. The third kappa shape index (κ3) is 3.22. The molecule has 1 aliphatic rings. The normalized spacial score (nSPS) is 15.1. The standard InChI is InChI=1S/C16H19F3N4O/c1-9-13-11(15(24)22(2)7-6-16(17,18)19)8-12(10-4-5-10)20-14(13)23(3)21-9/h8,10H,4-7H2,1-3H3. The third-order valence-corrected chi connectivity index (χ3v) is 4.29. The second-order valence-corrected chi connectivity index (χ2v) is 6.37. The van der Waals surface area contributed by atoms with Crippen LogP contribution >= 0.6 is 0 Å². The maximum atomic E-state index is 12.7. The molecule has 8 heteroatoms. The Kier molecular flexibility index (Phi) is 4.01. The van der Waals surface area contributed by atoms with Crippen LogP contribution in [0.3, 0.4) is 0 Å². The van der Waals surface area contributed by atoms with Gasteiger partial charge in [-0.2, -0.15) is 18.3 Å². The number of rotatable bonds is 4. The van der Waals surface area contributed by atoms with Gasteiger partial charge in [0.2, 0.25) is 0 Å². The second kappa shape index (κ2) is 5.75. The van der Waals surface area contributed by atoms with Crippen LogP contribution < -0.4 is 0 Å². The van der Waals surface area contributed by atoms with Gasteiger partial charge in [-0.05, 0) is 25.8 Å². The first kappa shape index (κ1) is 16.7. The topological polar surface area (TPSA) is 51.0 Å². The van der Waals surface area contributed by atoms with Crippen molar-refractivity contribution in [3.8, 4) is 0 Å². The Morgan fingerprint density at radius 3 is 2.67 bits per heavy atom. The van der Waals surface area contributed by atoms with E-state index >= 15 is 0 Å². The number of amides is 1. The highest BCUT2D eigenvalue weighted by molar-refractivity contribution is 6.06. The van der Waals surface area contributed by atoms with Crippen LogP contribution in [-0.4, -0.2) is 45.3 Å². The number of pyridine rings is 1. The average molecular weight is 340 g/mol. The van der Waals surface area contributed by atoms with Crippen molar-refractivity contribution in [2.75, 3.05) is 13.6 Å². The van der Waals surface area contributed by atoms with Gasteiger partial charge in [-0.1, -0.05) is 0 Å². The quantitative estimate of drug-likeness (QED) is 0.859. The van der Waals surface area contributed by atoms with Gasteiger partial charge in [-0.3, -0.25) is 9.48 Å². The Hall–Kier alpha value is -2.12. The van der Waals surface area contributed by atoms with Crippen molar-refractivity contribution in [2.45, 2.75) is 38.3 Å². The van der Waals surface area contributed by atoms with E-state index in [9.17, 15) is 18.0 Å². The maximum Gasteiger partial charge on any atom is 0.390 e. The molecule has 130 valence electrons. The summed E-state index contributed by atoms with van der Waals surface area (Å²) < 4.78 is 38.9. The summed E-state index contributed by atoms with van der Waals surface area (Å²) in [5.41, 5.74) is 2.45. The van der Waals surface area contributed by atoms with Gasteiger partial charge in [0.25, 0.3) is 5.91 Å². The first-order valence-electron chi connectivity index (χ1n) is 7.84. The fourth-order valence-corrected chi connectivity index (χ4v) is 2.82. The molecule has 1 saturated carbocycles. The average Bonchev–Trinajstić information content (AvgIpc) is 3.30. The fourth-order valence-electron chi connectivity index (χ4n) is 2.82. The van der Waals surface area contributed by atoms with Gasteiger partial charge in [0.15, 0.2) is 5.65 Å². The fraction of sp³-hybridized carbons (Fsp3) is 0.562. The Labute approximate surface area is 137 Å². The summed E-state index contributed by atoms with van der Waals surface area (Å²) in [5.74, 6) is -0.0960. The van der Waals surface area contributed by atoms with Gasteiger partial charge < -0.3 is 4.90 Å². The summed E-state index contributed by atoms with van der Waals surface area (Å²) in [6.07, 6.45) is -3.27. The van der Waals surface area contributed by atoms with Gasteiger partial charge in [-0.15, -0.1) is 0 Å². The molecular weight excluding hydrogens is 321 g/mol. The van der Waals surface area contributed by atoms with Crippen molar-refractivity contribution >= 4 is 16.9 Å². The molecule has 1 fully saturated rings. The van der Waals surface area contributed by atoms with Crippen LogP contribution in [0.25, 0.3) is 11.0 Å². The molecule has 0 spiro atoms. The monoisotopic (exact) mass is 340 g/mol. The lowest BCUT2D eigenvalue weighted by Crippen LogP contribution is -2.31. The van der Waals surface area contributed by atoms with Gasteiger partial charge in [0.1, 0.15) is 0 Å². The van der Waals surface area contributed by atoms with E-state index in [4.69, 9.17) is 0 Å². The zero-order valence-corrected chi connectivity index (χ0v) is 13.8. The van der Waals surface area contributed by atoms with E-state index in [0.29, 0.717) is 28.2 Å². The number of carbonyl (C=O) groups is 1. The number of alkyl halides is 3. The lowest BCUT2D eigenvalue weighted by Gasteiger charge is -2.19. The summed E-state index contributed by atoms with van der Waals surface area (Å²) in [4.78, 5) is 18.4. The van der Waals surface area contributed by atoms with Crippen molar-refractivity contribution in [1.82, 2.24) is 19.7 Å². The summed E-state index contributed by atoms with van der Waals surface area (Å²) in [7, 11) is 3.14. The summed E-state index contributed by atoms with van der Waals surface area (Å²) in [6, 6.07) is 1.72. The lowest BCUT2D eigenvalue weighted by molar-refractivity contribution is -0.136. The molecule has 3 rings (SSSR count). The molecule has 1 amide bonds.